The van der Waals surface area contributed by atoms with Crippen LogP contribution in [0.15, 0.2) is 75.4 Å². The van der Waals surface area contributed by atoms with Crippen LogP contribution >= 0.6 is 0 Å². The van der Waals surface area contributed by atoms with Crippen LogP contribution in [0, 0.1) is 27.7 Å². The van der Waals surface area contributed by atoms with E-state index >= 15 is 0 Å². The number of alkyl halides is 5. The summed E-state index contributed by atoms with van der Waals surface area (Å²) >= 11 is 0. The van der Waals surface area contributed by atoms with Gasteiger partial charge in [0.1, 0.15) is 5.75 Å². The van der Waals surface area contributed by atoms with E-state index in [0.29, 0.717) is 4.90 Å². The molecule has 3 aromatic carbocycles. The molecule has 1 N–H and O–H groups in total. The SMILES string of the molecule is Cc1cc(C)cc([S+](c2ccc(OC(C(F)(F)F)C(F)(F)S(=O)(=O)O)cc2)c2cc(C)cc(C)c2)c1. The Balaban J connectivity index is 2.07. The molecule has 0 spiro atoms. The number of benzene rings is 3. The van der Waals surface area contributed by atoms with E-state index in [0.717, 1.165) is 44.2 Å². The van der Waals surface area contributed by atoms with Crippen molar-refractivity contribution < 1.29 is 39.7 Å². The summed E-state index contributed by atoms with van der Waals surface area (Å²) in [6.07, 6.45) is -9.87. The van der Waals surface area contributed by atoms with Gasteiger partial charge in [0, 0.05) is 0 Å². The Labute approximate surface area is 209 Å². The van der Waals surface area contributed by atoms with Crippen LogP contribution in [0.25, 0.3) is 0 Å². The molecule has 0 aliphatic heterocycles. The molecule has 0 fully saturated rings. The highest BCUT2D eigenvalue weighted by molar-refractivity contribution is 7.97. The number of hydrogen-bond donors (Lipinski definition) is 1. The molecule has 1 atom stereocenters. The molecular weight excluding hydrogens is 523 g/mol. The molecule has 0 amide bonds. The molecule has 0 saturated carbocycles. The Kier molecular flexibility index (Phi) is 7.78. The normalized spacial score (nSPS) is 13.6. The maximum Gasteiger partial charge on any atom is 0.432 e. The smallest absolute Gasteiger partial charge is 0.432 e. The highest BCUT2D eigenvalue weighted by Gasteiger charge is 2.65. The Morgan fingerprint density at radius 3 is 1.44 bits per heavy atom. The van der Waals surface area contributed by atoms with Gasteiger partial charge < -0.3 is 4.74 Å². The first-order valence-electron chi connectivity index (χ1n) is 10.6. The second-order valence-electron chi connectivity index (χ2n) is 8.50. The monoisotopic (exact) mass is 547 g/mol. The second kappa shape index (κ2) is 10.0. The molecule has 0 heterocycles. The van der Waals surface area contributed by atoms with Gasteiger partial charge in [-0.15, -0.1) is 0 Å². The topological polar surface area (TPSA) is 63.6 Å². The molecule has 0 radical (unpaired) electrons. The van der Waals surface area contributed by atoms with Crippen molar-refractivity contribution in [3.63, 3.8) is 0 Å². The molecule has 0 aromatic heterocycles. The first kappa shape index (κ1) is 27.9. The third kappa shape index (κ3) is 6.19. The van der Waals surface area contributed by atoms with Crippen LogP contribution in [0.1, 0.15) is 22.3 Å². The van der Waals surface area contributed by atoms with Crippen LogP contribution < -0.4 is 4.74 Å². The summed E-state index contributed by atoms with van der Waals surface area (Å²) in [5, 5.41) is -5.60. The molecule has 0 aliphatic carbocycles. The van der Waals surface area contributed by atoms with Crippen molar-refractivity contribution in [2.45, 2.75) is 59.9 Å². The van der Waals surface area contributed by atoms with Gasteiger partial charge in [0.25, 0.3) is 6.10 Å². The minimum absolute atomic E-state index is 0.631. The number of hydrogen-bond acceptors (Lipinski definition) is 3. The Morgan fingerprint density at radius 2 is 1.11 bits per heavy atom. The number of aryl methyl sites for hydroxylation is 4. The van der Waals surface area contributed by atoms with Crippen molar-refractivity contribution in [1.29, 1.82) is 0 Å². The van der Waals surface area contributed by atoms with Crippen molar-refractivity contribution >= 4 is 21.0 Å². The highest BCUT2D eigenvalue weighted by Crippen LogP contribution is 2.39. The van der Waals surface area contributed by atoms with Gasteiger partial charge in [-0.3, -0.25) is 4.55 Å². The summed E-state index contributed by atoms with van der Waals surface area (Å²) in [5.74, 6) is -0.631. The van der Waals surface area contributed by atoms with Crippen LogP contribution in [-0.2, 0) is 21.0 Å². The van der Waals surface area contributed by atoms with E-state index in [2.05, 4.69) is 4.74 Å². The van der Waals surface area contributed by atoms with E-state index < -0.39 is 44.3 Å². The minimum Gasteiger partial charge on any atom is -0.473 e. The second-order valence-corrected chi connectivity index (χ2v) is 12.0. The molecule has 3 rings (SSSR count). The lowest BCUT2D eigenvalue weighted by molar-refractivity contribution is -0.239. The quantitative estimate of drug-likeness (QED) is 0.201. The van der Waals surface area contributed by atoms with E-state index in [4.69, 9.17) is 4.55 Å². The maximum atomic E-state index is 13.9. The van der Waals surface area contributed by atoms with E-state index in [1.165, 1.54) is 12.1 Å². The molecule has 0 aliphatic rings. The fraction of sp³-hybridized carbons (Fsp3) is 0.280. The number of rotatable bonds is 7. The predicted octanol–water partition coefficient (Wildman–Crippen LogP) is 6.81. The Morgan fingerprint density at radius 1 is 0.722 bits per heavy atom. The third-order valence-corrected chi connectivity index (χ3v) is 8.18. The first-order chi connectivity index (χ1) is 16.5. The fourth-order valence-corrected chi connectivity index (χ4v) is 6.65. The van der Waals surface area contributed by atoms with Gasteiger partial charge in [-0.05, 0) is 98.5 Å². The summed E-state index contributed by atoms with van der Waals surface area (Å²) in [6, 6.07) is 17.1. The first-order valence-corrected chi connectivity index (χ1v) is 13.2. The van der Waals surface area contributed by atoms with E-state index in [9.17, 15) is 30.4 Å². The van der Waals surface area contributed by atoms with Gasteiger partial charge in [-0.25, -0.2) is 0 Å². The summed E-state index contributed by atoms with van der Waals surface area (Å²) in [6.45, 7) is 7.79. The average molecular weight is 548 g/mol. The molecule has 0 bridgehead atoms. The Bertz CT molecular complexity index is 1260. The predicted molar refractivity (Wildman–Crippen MR) is 127 cm³/mol. The molecule has 11 heteroatoms. The van der Waals surface area contributed by atoms with Gasteiger partial charge in [0.2, 0.25) is 0 Å². The van der Waals surface area contributed by atoms with Crippen molar-refractivity contribution in [3.05, 3.63) is 82.9 Å². The summed E-state index contributed by atoms with van der Waals surface area (Å²) in [7, 11) is -7.08. The molecular formula is C25H24F5O4S2+. The van der Waals surface area contributed by atoms with Gasteiger partial charge in [0.15, 0.2) is 14.7 Å². The Hall–Kier alpha value is -2.63. The maximum absolute atomic E-state index is 13.9. The molecule has 3 aromatic rings. The minimum atomic E-state index is -6.39. The van der Waals surface area contributed by atoms with Crippen LogP contribution in [-0.4, -0.2) is 30.5 Å². The fourth-order valence-electron chi connectivity index (χ4n) is 3.76. The van der Waals surface area contributed by atoms with E-state index in [1.54, 1.807) is 0 Å². The standard InChI is InChI=1S/C25H23F5O4S2/c1-15-9-16(2)12-21(11-15)35(22-13-17(3)10-18(4)14-22)20-7-5-19(6-8-20)34-23(24(26,27)28)25(29,30)36(31,32)33/h5-14,23H,1-4H3/p+1. The third-order valence-electron chi connectivity index (χ3n) is 5.12. The van der Waals surface area contributed by atoms with Crippen LogP contribution in [0.2, 0.25) is 0 Å². The van der Waals surface area contributed by atoms with Gasteiger partial charge in [-0.2, -0.15) is 30.4 Å². The highest BCUT2D eigenvalue weighted by atomic mass is 32.2. The van der Waals surface area contributed by atoms with Gasteiger partial charge >= 0.3 is 21.5 Å². The van der Waals surface area contributed by atoms with E-state index in [-0.39, 0.29) is 0 Å². The lowest BCUT2D eigenvalue weighted by Gasteiger charge is -2.26. The zero-order chi connectivity index (χ0) is 27.1. The van der Waals surface area contributed by atoms with Crippen LogP contribution in [0.5, 0.6) is 5.75 Å². The van der Waals surface area contributed by atoms with E-state index in [1.807, 2.05) is 64.1 Å². The molecule has 0 saturated heterocycles. The lowest BCUT2D eigenvalue weighted by Crippen LogP contribution is -2.53. The van der Waals surface area contributed by atoms with Crippen LogP contribution in [0.3, 0.4) is 0 Å². The van der Waals surface area contributed by atoms with Crippen LogP contribution in [0.4, 0.5) is 22.0 Å². The summed E-state index contributed by atoms with van der Waals surface area (Å²) < 4.78 is 102. The zero-order valence-electron chi connectivity index (χ0n) is 19.7. The molecule has 36 heavy (non-hydrogen) atoms. The molecule has 194 valence electrons. The largest absolute Gasteiger partial charge is 0.473 e. The summed E-state index contributed by atoms with van der Waals surface area (Å²) in [4.78, 5) is 2.59. The summed E-state index contributed by atoms with van der Waals surface area (Å²) in [5.41, 5.74) is 4.08. The van der Waals surface area contributed by atoms with Gasteiger partial charge in [0.05, 0.1) is 10.9 Å². The van der Waals surface area contributed by atoms with Crippen molar-refractivity contribution in [1.82, 2.24) is 0 Å². The molecule has 4 nitrogen and oxygen atoms in total. The van der Waals surface area contributed by atoms with Crippen molar-refractivity contribution in [2.75, 3.05) is 0 Å². The van der Waals surface area contributed by atoms with Crippen molar-refractivity contribution in [2.24, 2.45) is 0 Å². The van der Waals surface area contributed by atoms with Gasteiger partial charge in [-0.1, -0.05) is 12.1 Å². The lowest BCUT2D eigenvalue weighted by atomic mass is 10.2. The zero-order valence-corrected chi connectivity index (χ0v) is 21.4. The number of halogens is 5. The average Bonchev–Trinajstić information content (AvgIpc) is 2.70. The molecule has 1 unspecified atom stereocenters. The number of ether oxygens (including phenoxy) is 1. The van der Waals surface area contributed by atoms with Crippen molar-refractivity contribution in [3.8, 4) is 5.75 Å².